The summed E-state index contributed by atoms with van der Waals surface area (Å²) < 4.78 is 5.12. The normalized spacial score (nSPS) is 21.2. The van der Waals surface area contributed by atoms with E-state index in [1.807, 2.05) is 34.1 Å². The van der Waals surface area contributed by atoms with Gasteiger partial charge in [0.25, 0.3) is 0 Å². The van der Waals surface area contributed by atoms with Crippen molar-refractivity contribution in [2.75, 3.05) is 38.6 Å². The highest BCUT2D eigenvalue weighted by Crippen LogP contribution is 2.21. The van der Waals surface area contributed by atoms with Gasteiger partial charge in [-0.25, -0.2) is 0 Å². The lowest BCUT2D eigenvalue weighted by Crippen LogP contribution is -2.52. The van der Waals surface area contributed by atoms with Crippen molar-refractivity contribution in [2.45, 2.75) is 38.1 Å². The quantitative estimate of drug-likeness (QED) is 0.888. The van der Waals surface area contributed by atoms with Gasteiger partial charge in [0, 0.05) is 18.8 Å². The number of nitrogens with zero attached hydrogens (tertiary/aromatic N) is 2. The molecule has 0 saturated carbocycles. The summed E-state index contributed by atoms with van der Waals surface area (Å²) in [5.41, 5.74) is 0.741. The second kappa shape index (κ2) is 8.34. The molecular formula is C19H27N3O3. The summed E-state index contributed by atoms with van der Waals surface area (Å²) in [6.45, 7) is 2.79. The number of nitrogens with one attached hydrogen (secondary N) is 1. The van der Waals surface area contributed by atoms with Gasteiger partial charge >= 0.3 is 0 Å². The fourth-order valence-corrected chi connectivity index (χ4v) is 3.67. The Morgan fingerprint density at radius 3 is 2.44 bits per heavy atom. The van der Waals surface area contributed by atoms with Gasteiger partial charge in [-0.1, -0.05) is 6.42 Å². The topological polar surface area (TPSA) is 61.9 Å². The molecule has 1 atom stereocenters. The summed E-state index contributed by atoms with van der Waals surface area (Å²) in [6, 6.07) is 7.12. The van der Waals surface area contributed by atoms with E-state index in [0.29, 0.717) is 0 Å². The van der Waals surface area contributed by atoms with Crippen LogP contribution in [0.1, 0.15) is 32.1 Å². The lowest BCUT2D eigenvalue weighted by atomic mass is 10.0. The second-order valence-electron chi connectivity index (χ2n) is 6.79. The molecule has 1 aromatic carbocycles. The van der Waals surface area contributed by atoms with E-state index < -0.39 is 0 Å². The first-order chi connectivity index (χ1) is 12.2. The van der Waals surface area contributed by atoms with Gasteiger partial charge in [0.05, 0.1) is 19.7 Å². The Bertz CT molecular complexity index is 596. The van der Waals surface area contributed by atoms with Crippen molar-refractivity contribution in [2.24, 2.45) is 0 Å². The molecule has 6 nitrogen and oxygen atoms in total. The van der Waals surface area contributed by atoms with E-state index in [2.05, 4.69) is 5.32 Å². The molecule has 6 heteroatoms. The van der Waals surface area contributed by atoms with Crippen molar-refractivity contribution in [3.8, 4) is 5.75 Å². The van der Waals surface area contributed by atoms with Crippen molar-refractivity contribution in [1.82, 2.24) is 9.80 Å². The fraction of sp³-hybridized carbons (Fsp3) is 0.579. The first-order valence-electron chi connectivity index (χ1n) is 9.14. The van der Waals surface area contributed by atoms with Crippen LogP contribution in [0.5, 0.6) is 5.75 Å². The van der Waals surface area contributed by atoms with Crippen LogP contribution in [-0.2, 0) is 9.59 Å². The highest BCUT2D eigenvalue weighted by molar-refractivity contribution is 5.93. The average molecular weight is 345 g/mol. The summed E-state index contributed by atoms with van der Waals surface area (Å²) in [5, 5.41) is 2.91. The van der Waals surface area contributed by atoms with Crippen molar-refractivity contribution < 1.29 is 14.3 Å². The standard InChI is InChI=1S/C19H27N3O3/c1-25-16-9-7-15(8-10-16)20-18(23)14-22-13-3-2-6-17(22)19(24)21-11-4-5-12-21/h7-10,17H,2-6,11-14H2,1H3,(H,20,23). The maximum atomic E-state index is 12.8. The first-order valence-corrected chi connectivity index (χ1v) is 9.14. The SMILES string of the molecule is COc1ccc(NC(=O)CN2CCCCC2C(=O)N2CCCC2)cc1. The largest absolute Gasteiger partial charge is 0.497 e. The highest BCUT2D eigenvalue weighted by Gasteiger charge is 2.33. The molecule has 2 saturated heterocycles. The summed E-state index contributed by atoms with van der Waals surface area (Å²) >= 11 is 0. The molecule has 0 spiro atoms. The number of hydrogen-bond donors (Lipinski definition) is 1. The van der Waals surface area contributed by atoms with Crippen molar-refractivity contribution in [1.29, 1.82) is 0 Å². The van der Waals surface area contributed by atoms with Crippen LogP contribution in [0.15, 0.2) is 24.3 Å². The lowest BCUT2D eigenvalue weighted by Gasteiger charge is -2.36. The van der Waals surface area contributed by atoms with Gasteiger partial charge in [0.2, 0.25) is 11.8 Å². The predicted octanol–water partition coefficient (Wildman–Crippen LogP) is 2.11. The molecule has 0 aliphatic carbocycles. The van der Waals surface area contributed by atoms with Crippen molar-refractivity contribution in [3.63, 3.8) is 0 Å². The third-order valence-corrected chi connectivity index (χ3v) is 5.04. The van der Waals surface area contributed by atoms with Crippen LogP contribution in [0.25, 0.3) is 0 Å². The molecule has 1 unspecified atom stereocenters. The minimum atomic E-state index is -0.145. The molecule has 2 fully saturated rings. The monoisotopic (exact) mass is 345 g/mol. The molecule has 25 heavy (non-hydrogen) atoms. The maximum absolute atomic E-state index is 12.8. The molecule has 1 N–H and O–H groups in total. The van der Waals surface area contributed by atoms with Gasteiger partial charge < -0.3 is 15.0 Å². The van der Waals surface area contributed by atoms with E-state index in [-0.39, 0.29) is 24.4 Å². The number of ether oxygens (including phenoxy) is 1. The Labute approximate surface area is 149 Å². The molecule has 136 valence electrons. The molecule has 0 radical (unpaired) electrons. The molecule has 3 rings (SSSR count). The number of anilines is 1. The van der Waals surface area contributed by atoms with Crippen molar-refractivity contribution >= 4 is 17.5 Å². The van der Waals surface area contributed by atoms with Crippen LogP contribution in [0.3, 0.4) is 0 Å². The fourth-order valence-electron chi connectivity index (χ4n) is 3.67. The Balaban J connectivity index is 1.58. The molecule has 2 aliphatic rings. The number of carbonyl (C=O) groups is 2. The Hall–Kier alpha value is -2.08. The van der Waals surface area contributed by atoms with Crippen molar-refractivity contribution in [3.05, 3.63) is 24.3 Å². The number of benzene rings is 1. The average Bonchev–Trinajstić information content (AvgIpc) is 3.17. The number of amides is 2. The summed E-state index contributed by atoms with van der Waals surface area (Å²) in [7, 11) is 1.61. The van der Waals surface area contributed by atoms with Crippen LogP contribution in [0.2, 0.25) is 0 Å². The predicted molar refractivity (Wildman–Crippen MR) is 96.6 cm³/mol. The van der Waals surface area contributed by atoms with Gasteiger partial charge in [-0.2, -0.15) is 0 Å². The zero-order valence-electron chi connectivity index (χ0n) is 14.9. The maximum Gasteiger partial charge on any atom is 0.239 e. The molecule has 2 aliphatic heterocycles. The van der Waals surface area contributed by atoms with E-state index >= 15 is 0 Å². The van der Waals surface area contributed by atoms with Gasteiger partial charge in [-0.05, 0) is 56.5 Å². The van der Waals surface area contributed by atoms with Gasteiger partial charge in [-0.15, -0.1) is 0 Å². The number of carbonyl (C=O) groups excluding carboxylic acids is 2. The van der Waals surface area contributed by atoms with E-state index in [1.165, 1.54) is 0 Å². The van der Waals surface area contributed by atoms with Crippen LogP contribution in [0.4, 0.5) is 5.69 Å². The Morgan fingerprint density at radius 1 is 1.08 bits per heavy atom. The Morgan fingerprint density at radius 2 is 1.76 bits per heavy atom. The van der Waals surface area contributed by atoms with Crippen LogP contribution in [0, 0.1) is 0 Å². The molecular weight excluding hydrogens is 318 g/mol. The molecule has 2 heterocycles. The first kappa shape index (κ1) is 17.7. The Kier molecular flexibility index (Phi) is 5.91. The lowest BCUT2D eigenvalue weighted by molar-refractivity contribution is -0.137. The summed E-state index contributed by atoms with van der Waals surface area (Å²) in [5.74, 6) is 0.881. The van der Waals surface area contributed by atoms with Gasteiger partial charge in [0.1, 0.15) is 5.75 Å². The summed E-state index contributed by atoms with van der Waals surface area (Å²) in [6.07, 6.45) is 5.14. The van der Waals surface area contributed by atoms with Crippen LogP contribution < -0.4 is 10.1 Å². The zero-order chi connectivity index (χ0) is 17.6. The minimum Gasteiger partial charge on any atom is -0.497 e. The number of hydrogen-bond acceptors (Lipinski definition) is 4. The third-order valence-electron chi connectivity index (χ3n) is 5.04. The van der Waals surface area contributed by atoms with Crippen LogP contribution in [-0.4, -0.2) is 60.9 Å². The third kappa shape index (κ3) is 4.51. The highest BCUT2D eigenvalue weighted by atomic mass is 16.5. The van der Waals surface area contributed by atoms with Gasteiger partial charge in [0.15, 0.2) is 0 Å². The van der Waals surface area contributed by atoms with Gasteiger partial charge in [-0.3, -0.25) is 14.5 Å². The smallest absolute Gasteiger partial charge is 0.239 e. The molecule has 2 amide bonds. The van der Waals surface area contributed by atoms with Crippen LogP contribution >= 0.6 is 0 Å². The number of piperidine rings is 1. The molecule has 0 bridgehead atoms. The molecule has 0 aromatic heterocycles. The minimum absolute atomic E-state index is 0.0775. The second-order valence-corrected chi connectivity index (χ2v) is 6.79. The summed E-state index contributed by atoms with van der Waals surface area (Å²) in [4.78, 5) is 29.2. The van der Waals surface area contributed by atoms with E-state index in [0.717, 1.165) is 63.2 Å². The van der Waals surface area contributed by atoms with E-state index in [1.54, 1.807) is 7.11 Å². The number of methoxy groups -OCH3 is 1. The van der Waals surface area contributed by atoms with E-state index in [4.69, 9.17) is 4.74 Å². The number of likely N-dealkylation sites (tertiary alicyclic amines) is 2. The zero-order valence-corrected chi connectivity index (χ0v) is 14.9. The molecule has 1 aromatic rings. The van der Waals surface area contributed by atoms with E-state index in [9.17, 15) is 9.59 Å². The number of rotatable bonds is 5.